The molecule has 0 aromatic heterocycles. The van der Waals surface area contributed by atoms with E-state index in [1.54, 1.807) is 0 Å². The minimum absolute atomic E-state index is 0.0514. The number of hydrogen-bond donors (Lipinski definition) is 1. The molecule has 1 fully saturated rings. The molecule has 0 aromatic carbocycles. The van der Waals surface area contributed by atoms with E-state index in [4.69, 9.17) is 4.74 Å². The van der Waals surface area contributed by atoms with Crippen molar-refractivity contribution in [3.8, 4) is 0 Å². The Morgan fingerprint density at radius 3 is 2.24 bits per heavy atom. The third kappa shape index (κ3) is 4.59. The zero-order valence-electron chi connectivity index (χ0n) is 12.2. The van der Waals surface area contributed by atoms with Crippen molar-refractivity contribution in [2.24, 2.45) is 5.92 Å². The molecule has 102 valence electrons. The average Bonchev–Trinajstić information content (AvgIpc) is 2.58. The van der Waals surface area contributed by atoms with Gasteiger partial charge in [-0.3, -0.25) is 0 Å². The van der Waals surface area contributed by atoms with Gasteiger partial charge in [0.05, 0.1) is 5.60 Å². The summed E-state index contributed by atoms with van der Waals surface area (Å²) in [6.07, 6.45) is 9.57. The first-order valence-electron chi connectivity index (χ1n) is 7.40. The fourth-order valence-electron chi connectivity index (χ4n) is 3.05. The van der Waals surface area contributed by atoms with E-state index in [9.17, 15) is 0 Å². The van der Waals surface area contributed by atoms with E-state index in [1.165, 1.54) is 44.9 Å². The molecule has 17 heavy (non-hydrogen) atoms. The summed E-state index contributed by atoms with van der Waals surface area (Å²) >= 11 is 0. The fraction of sp³-hybridized carbons (Fsp3) is 1.00. The minimum Gasteiger partial charge on any atom is -0.377 e. The van der Waals surface area contributed by atoms with Crippen LogP contribution in [0.1, 0.15) is 65.7 Å². The van der Waals surface area contributed by atoms with Crippen LogP contribution in [0.3, 0.4) is 0 Å². The predicted molar refractivity (Wildman–Crippen MR) is 74.4 cm³/mol. The number of rotatable bonds is 6. The molecule has 0 spiro atoms. The summed E-state index contributed by atoms with van der Waals surface area (Å²) < 4.78 is 5.73. The number of nitrogens with one attached hydrogen (secondary N) is 1. The summed E-state index contributed by atoms with van der Waals surface area (Å²) in [4.78, 5) is 0. The molecular weight excluding hydrogens is 210 g/mol. The molecule has 1 N–H and O–H groups in total. The van der Waals surface area contributed by atoms with Gasteiger partial charge in [-0.25, -0.2) is 0 Å². The third-order valence-corrected chi connectivity index (χ3v) is 4.26. The third-order valence-electron chi connectivity index (χ3n) is 4.26. The smallest absolute Gasteiger partial charge is 0.0777 e. The highest BCUT2D eigenvalue weighted by Crippen LogP contribution is 2.31. The van der Waals surface area contributed by atoms with Gasteiger partial charge >= 0.3 is 0 Å². The lowest BCUT2D eigenvalue weighted by Gasteiger charge is -2.39. The first-order chi connectivity index (χ1) is 8.11. The zero-order valence-corrected chi connectivity index (χ0v) is 12.2. The molecule has 2 heteroatoms. The van der Waals surface area contributed by atoms with Crippen molar-refractivity contribution >= 4 is 0 Å². The van der Waals surface area contributed by atoms with Gasteiger partial charge < -0.3 is 10.1 Å². The molecule has 2 nitrogen and oxygen atoms in total. The van der Waals surface area contributed by atoms with Crippen LogP contribution >= 0.6 is 0 Å². The fourth-order valence-corrected chi connectivity index (χ4v) is 3.05. The highest BCUT2D eigenvalue weighted by molar-refractivity contribution is 4.91. The zero-order chi connectivity index (χ0) is 12.7. The molecule has 1 saturated carbocycles. The maximum Gasteiger partial charge on any atom is 0.0777 e. The van der Waals surface area contributed by atoms with Crippen molar-refractivity contribution in [2.45, 2.75) is 77.4 Å². The largest absolute Gasteiger partial charge is 0.377 e. The Bertz CT molecular complexity index is 195. The van der Waals surface area contributed by atoms with Crippen molar-refractivity contribution in [1.29, 1.82) is 0 Å². The molecule has 0 aliphatic heterocycles. The standard InChI is InChI=1S/C15H31NO/c1-5-12-16-14(15(2,3)17-4)13-10-8-6-7-9-11-13/h13-14,16H,5-12H2,1-4H3. The summed E-state index contributed by atoms with van der Waals surface area (Å²) in [5.41, 5.74) is -0.0514. The number of hydrogen-bond acceptors (Lipinski definition) is 2. The van der Waals surface area contributed by atoms with Gasteiger partial charge in [0.1, 0.15) is 0 Å². The van der Waals surface area contributed by atoms with Gasteiger partial charge in [-0.15, -0.1) is 0 Å². The van der Waals surface area contributed by atoms with Crippen LogP contribution < -0.4 is 5.32 Å². The maximum atomic E-state index is 5.73. The second-order valence-corrected chi connectivity index (χ2v) is 5.99. The van der Waals surface area contributed by atoms with Crippen molar-refractivity contribution in [1.82, 2.24) is 5.32 Å². The quantitative estimate of drug-likeness (QED) is 0.715. The Kier molecular flexibility index (Phi) is 6.50. The summed E-state index contributed by atoms with van der Waals surface area (Å²) in [6.45, 7) is 7.79. The molecule has 1 aliphatic rings. The first kappa shape index (κ1) is 15.0. The molecule has 0 saturated heterocycles. The lowest BCUT2D eigenvalue weighted by Crippen LogP contribution is -2.52. The highest BCUT2D eigenvalue weighted by Gasteiger charge is 2.35. The van der Waals surface area contributed by atoms with Crippen molar-refractivity contribution < 1.29 is 4.74 Å². The second-order valence-electron chi connectivity index (χ2n) is 5.99. The summed E-state index contributed by atoms with van der Waals surface area (Å²) in [7, 11) is 1.84. The van der Waals surface area contributed by atoms with E-state index in [-0.39, 0.29) is 5.60 Å². The van der Waals surface area contributed by atoms with Crippen LogP contribution in [0.5, 0.6) is 0 Å². The minimum atomic E-state index is -0.0514. The molecule has 1 atom stereocenters. The molecule has 0 heterocycles. The van der Waals surface area contributed by atoms with E-state index in [2.05, 4.69) is 26.1 Å². The van der Waals surface area contributed by atoms with E-state index in [0.717, 1.165) is 12.5 Å². The van der Waals surface area contributed by atoms with Crippen LogP contribution in [0, 0.1) is 5.92 Å². The van der Waals surface area contributed by atoms with Crippen molar-refractivity contribution in [3.05, 3.63) is 0 Å². The molecule has 0 aromatic rings. The van der Waals surface area contributed by atoms with Gasteiger partial charge in [0.25, 0.3) is 0 Å². The van der Waals surface area contributed by atoms with Crippen LogP contribution in [0.4, 0.5) is 0 Å². The SMILES string of the molecule is CCCNC(C1CCCCCC1)C(C)(C)OC. The first-order valence-corrected chi connectivity index (χ1v) is 7.40. The molecule has 0 radical (unpaired) electrons. The van der Waals surface area contributed by atoms with Gasteiger partial charge in [-0.1, -0.05) is 32.6 Å². The van der Waals surface area contributed by atoms with Gasteiger partial charge in [0.2, 0.25) is 0 Å². The van der Waals surface area contributed by atoms with E-state index in [1.807, 2.05) is 7.11 Å². The van der Waals surface area contributed by atoms with Gasteiger partial charge in [0.15, 0.2) is 0 Å². The van der Waals surface area contributed by atoms with Crippen LogP contribution in [-0.2, 0) is 4.74 Å². The Morgan fingerprint density at radius 2 is 1.76 bits per heavy atom. The summed E-state index contributed by atoms with van der Waals surface area (Å²) in [5, 5.41) is 3.73. The molecule has 0 bridgehead atoms. The molecule has 1 rings (SSSR count). The van der Waals surface area contributed by atoms with Crippen LogP contribution in [-0.4, -0.2) is 25.3 Å². The van der Waals surface area contributed by atoms with Gasteiger partial charge in [0, 0.05) is 13.2 Å². The molecule has 1 aliphatic carbocycles. The number of methoxy groups -OCH3 is 1. The highest BCUT2D eigenvalue weighted by atomic mass is 16.5. The van der Waals surface area contributed by atoms with Gasteiger partial charge in [-0.05, 0) is 45.6 Å². The Balaban J connectivity index is 2.65. The van der Waals surface area contributed by atoms with Crippen LogP contribution in [0.25, 0.3) is 0 Å². The lowest BCUT2D eigenvalue weighted by molar-refractivity contribution is -0.0299. The Morgan fingerprint density at radius 1 is 1.18 bits per heavy atom. The number of ether oxygens (including phenoxy) is 1. The van der Waals surface area contributed by atoms with Gasteiger partial charge in [-0.2, -0.15) is 0 Å². The Hall–Kier alpha value is -0.0800. The summed E-state index contributed by atoms with van der Waals surface area (Å²) in [6, 6.07) is 0.505. The average molecular weight is 241 g/mol. The summed E-state index contributed by atoms with van der Waals surface area (Å²) in [5.74, 6) is 0.791. The topological polar surface area (TPSA) is 21.3 Å². The van der Waals surface area contributed by atoms with E-state index in [0.29, 0.717) is 6.04 Å². The van der Waals surface area contributed by atoms with E-state index < -0.39 is 0 Å². The predicted octanol–water partition coefficient (Wildman–Crippen LogP) is 3.75. The molecule has 1 unspecified atom stereocenters. The lowest BCUT2D eigenvalue weighted by atomic mass is 9.82. The Labute approximate surface area is 108 Å². The second kappa shape index (κ2) is 7.38. The van der Waals surface area contributed by atoms with E-state index >= 15 is 0 Å². The molecule has 0 amide bonds. The van der Waals surface area contributed by atoms with Crippen LogP contribution in [0.15, 0.2) is 0 Å². The normalized spacial score (nSPS) is 21.2. The molecular formula is C15H31NO. The maximum absolute atomic E-state index is 5.73. The van der Waals surface area contributed by atoms with Crippen LogP contribution in [0.2, 0.25) is 0 Å². The monoisotopic (exact) mass is 241 g/mol. The van der Waals surface area contributed by atoms with Crippen molar-refractivity contribution in [2.75, 3.05) is 13.7 Å². The van der Waals surface area contributed by atoms with Crippen molar-refractivity contribution in [3.63, 3.8) is 0 Å².